The van der Waals surface area contributed by atoms with Crippen molar-refractivity contribution in [2.45, 2.75) is 44.4 Å². The number of aromatic hydroxyl groups is 1. The predicted octanol–water partition coefficient (Wildman–Crippen LogP) is 3.45. The van der Waals surface area contributed by atoms with Crippen molar-refractivity contribution in [3.8, 4) is 5.75 Å². The number of hydrogen-bond acceptors (Lipinski definition) is 2. The molecule has 0 radical (unpaired) electrons. The van der Waals surface area contributed by atoms with Crippen LogP contribution in [0.4, 0.5) is 13.2 Å². The summed E-state index contributed by atoms with van der Waals surface area (Å²) >= 11 is 0. The number of benzene rings is 1. The molecule has 0 bridgehead atoms. The van der Waals surface area contributed by atoms with Crippen molar-refractivity contribution >= 4 is 0 Å². The second-order valence-electron chi connectivity index (χ2n) is 5.01. The van der Waals surface area contributed by atoms with Crippen LogP contribution in [0.5, 0.6) is 5.75 Å². The summed E-state index contributed by atoms with van der Waals surface area (Å²) in [4.78, 5) is 0. The van der Waals surface area contributed by atoms with Crippen molar-refractivity contribution in [3.63, 3.8) is 0 Å². The lowest BCUT2D eigenvalue weighted by molar-refractivity contribution is -0.167. The lowest BCUT2D eigenvalue weighted by Gasteiger charge is -2.26. The highest BCUT2D eigenvalue weighted by Crippen LogP contribution is 2.50. The van der Waals surface area contributed by atoms with Crippen LogP contribution in [-0.2, 0) is 0 Å². The molecule has 1 fully saturated rings. The fourth-order valence-corrected chi connectivity index (χ4v) is 2.15. The molecule has 5 heteroatoms. The van der Waals surface area contributed by atoms with Gasteiger partial charge in [-0.05, 0) is 38.3 Å². The molecule has 1 aromatic rings. The average molecular weight is 259 g/mol. The molecule has 0 spiro atoms. The Bertz CT molecular complexity index is 452. The number of rotatable bonds is 3. The Morgan fingerprint density at radius 1 is 1.33 bits per heavy atom. The van der Waals surface area contributed by atoms with Crippen LogP contribution in [0.1, 0.15) is 36.9 Å². The van der Waals surface area contributed by atoms with Gasteiger partial charge in [0, 0.05) is 11.6 Å². The van der Waals surface area contributed by atoms with Crippen LogP contribution in [0.2, 0.25) is 0 Å². The second-order valence-corrected chi connectivity index (χ2v) is 5.01. The van der Waals surface area contributed by atoms with E-state index in [1.54, 1.807) is 25.1 Å². The lowest BCUT2D eigenvalue weighted by atomic mass is 10.0. The third-order valence-electron chi connectivity index (χ3n) is 3.44. The number of nitrogens with one attached hydrogen (secondary N) is 1. The van der Waals surface area contributed by atoms with E-state index in [1.165, 1.54) is 0 Å². The zero-order chi connectivity index (χ0) is 13.6. The van der Waals surface area contributed by atoms with Gasteiger partial charge in [0.05, 0.1) is 0 Å². The monoisotopic (exact) mass is 259 g/mol. The first-order chi connectivity index (χ1) is 8.25. The molecule has 0 aliphatic heterocycles. The minimum atomic E-state index is -4.23. The van der Waals surface area contributed by atoms with E-state index in [1.807, 2.05) is 6.92 Å². The van der Waals surface area contributed by atoms with Gasteiger partial charge < -0.3 is 5.11 Å². The van der Waals surface area contributed by atoms with Crippen LogP contribution in [0.15, 0.2) is 18.2 Å². The van der Waals surface area contributed by atoms with Crippen molar-refractivity contribution in [2.24, 2.45) is 0 Å². The first-order valence-electron chi connectivity index (χ1n) is 5.89. The Kier molecular flexibility index (Phi) is 3.05. The molecule has 0 aromatic heterocycles. The minimum absolute atomic E-state index is 0.0352. The Labute approximate surface area is 104 Å². The molecule has 2 N–H and O–H groups in total. The topological polar surface area (TPSA) is 32.3 Å². The Hall–Kier alpha value is -1.23. The van der Waals surface area contributed by atoms with Gasteiger partial charge >= 0.3 is 6.18 Å². The van der Waals surface area contributed by atoms with E-state index in [0.717, 1.165) is 5.56 Å². The summed E-state index contributed by atoms with van der Waals surface area (Å²) in [5, 5.41) is 12.4. The molecule has 2 rings (SSSR count). The van der Waals surface area contributed by atoms with Gasteiger partial charge in [-0.1, -0.05) is 12.1 Å². The first kappa shape index (κ1) is 13.2. The summed E-state index contributed by atoms with van der Waals surface area (Å²) in [7, 11) is 0. The highest BCUT2D eigenvalue weighted by molar-refractivity contribution is 5.38. The highest BCUT2D eigenvalue weighted by Gasteiger charge is 2.63. The number of phenolic OH excluding ortho intramolecular Hbond substituents is 1. The van der Waals surface area contributed by atoms with Crippen molar-refractivity contribution in [1.29, 1.82) is 0 Å². The van der Waals surface area contributed by atoms with Gasteiger partial charge in [-0.25, -0.2) is 0 Å². The van der Waals surface area contributed by atoms with E-state index < -0.39 is 17.8 Å². The summed E-state index contributed by atoms with van der Waals surface area (Å²) in [6, 6.07) is 4.46. The third-order valence-corrected chi connectivity index (χ3v) is 3.44. The average Bonchev–Trinajstić information content (AvgIpc) is 2.97. The summed E-state index contributed by atoms with van der Waals surface area (Å²) in [5.41, 5.74) is -0.388. The van der Waals surface area contributed by atoms with Crippen molar-refractivity contribution in [2.75, 3.05) is 0 Å². The molecular weight excluding hydrogens is 243 g/mol. The fourth-order valence-electron chi connectivity index (χ4n) is 2.15. The van der Waals surface area contributed by atoms with Crippen molar-refractivity contribution in [3.05, 3.63) is 29.3 Å². The fraction of sp³-hybridized carbons (Fsp3) is 0.538. The molecule has 1 saturated carbocycles. The molecule has 1 aromatic carbocycles. The molecule has 0 heterocycles. The minimum Gasteiger partial charge on any atom is -0.508 e. The van der Waals surface area contributed by atoms with Gasteiger partial charge in [0.15, 0.2) is 0 Å². The summed E-state index contributed by atoms with van der Waals surface area (Å²) < 4.78 is 38.4. The standard InChI is InChI=1S/C13H16F3NO/c1-8-3-4-10(11(18)7-8)9(2)17-12(5-6-12)13(14,15)16/h3-4,7,9,17-18H,5-6H2,1-2H3. The van der Waals surface area contributed by atoms with E-state index in [2.05, 4.69) is 5.32 Å². The molecule has 1 aliphatic rings. The number of hydrogen-bond donors (Lipinski definition) is 2. The van der Waals surface area contributed by atoms with Crippen LogP contribution >= 0.6 is 0 Å². The maximum absolute atomic E-state index is 12.8. The van der Waals surface area contributed by atoms with Gasteiger partial charge in [-0.3, -0.25) is 5.32 Å². The first-order valence-corrected chi connectivity index (χ1v) is 5.89. The Balaban J connectivity index is 2.16. The van der Waals surface area contributed by atoms with Gasteiger partial charge in [0.1, 0.15) is 11.3 Å². The summed E-state index contributed by atoms with van der Waals surface area (Å²) in [6.45, 7) is 3.45. The zero-order valence-electron chi connectivity index (χ0n) is 10.3. The molecular formula is C13H16F3NO. The van der Waals surface area contributed by atoms with Crippen molar-refractivity contribution < 1.29 is 18.3 Å². The Morgan fingerprint density at radius 2 is 1.94 bits per heavy atom. The van der Waals surface area contributed by atoms with E-state index in [-0.39, 0.29) is 18.6 Å². The molecule has 1 unspecified atom stereocenters. The number of aryl methyl sites for hydroxylation is 1. The molecule has 1 aliphatic carbocycles. The number of alkyl halides is 3. The van der Waals surface area contributed by atoms with Crippen molar-refractivity contribution in [1.82, 2.24) is 5.32 Å². The van der Waals surface area contributed by atoms with Crippen LogP contribution in [-0.4, -0.2) is 16.8 Å². The quantitative estimate of drug-likeness (QED) is 0.871. The maximum Gasteiger partial charge on any atom is 0.406 e. The van der Waals surface area contributed by atoms with Crippen LogP contribution in [0, 0.1) is 6.92 Å². The smallest absolute Gasteiger partial charge is 0.406 e. The molecule has 0 saturated heterocycles. The SMILES string of the molecule is Cc1ccc(C(C)NC2(C(F)(F)F)CC2)c(O)c1. The van der Waals surface area contributed by atoms with Gasteiger partial charge in [0.2, 0.25) is 0 Å². The lowest BCUT2D eigenvalue weighted by Crippen LogP contribution is -2.45. The summed E-state index contributed by atoms with van der Waals surface area (Å²) in [6.07, 6.45) is -4.03. The van der Waals surface area contributed by atoms with Gasteiger partial charge in [-0.2, -0.15) is 13.2 Å². The highest BCUT2D eigenvalue weighted by atomic mass is 19.4. The second kappa shape index (κ2) is 4.16. The number of halogens is 3. The third kappa shape index (κ3) is 2.32. The van der Waals surface area contributed by atoms with Crippen LogP contribution < -0.4 is 5.32 Å². The normalized spacial score (nSPS) is 19.6. The van der Waals surface area contributed by atoms with Crippen LogP contribution in [0.3, 0.4) is 0 Å². The number of phenols is 1. The largest absolute Gasteiger partial charge is 0.508 e. The van der Waals surface area contributed by atoms with E-state index in [4.69, 9.17) is 0 Å². The predicted molar refractivity (Wildman–Crippen MR) is 62.4 cm³/mol. The van der Waals surface area contributed by atoms with E-state index in [9.17, 15) is 18.3 Å². The molecule has 100 valence electrons. The van der Waals surface area contributed by atoms with Gasteiger partial charge in [0.25, 0.3) is 0 Å². The van der Waals surface area contributed by atoms with Gasteiger partial charge in [-0.15, -0.1) is 0 Å². The van der Waals surface area contributed by atoms with Crippen LogP contribution in [0.25, 0.3) is 0 Å². The van der Waals surface area contributed by atoms with E-state index in [0.29, 0.717) is 5.56 Å². The molecule has 1 atom stereocenters. The molecule has 2 nitrogen and oxygen atoms in total. The molecule has 0 amide bonds. The molecule has 18 heavy (non-hydrogen) atoms. The zero-order valence-corrected chi connectivity index (χ0v) is 10.3. The Morgan fingerprint density at radius 3 is 2.39 bits per heavy atom. The van der Waals surface area contributed by atoms with E-state index >= 15 is 0 Å². The summed E-state index contributed by atoms with van der Waals surface area (Å²) in [5.74, 6) is 0.0352. The maximum atomic E-state index is 12.8.